The Bertz CT molecular complexity index is 551. The summed E-state index contributed by atoms with van der Waals surface area (Å²) in [7, 11) is 1.98. The van der Waals surface area contributed by atoms with Crippen molar-refractivity contribution in [3.63, 3.8) is 0 Å². The van der Waals surface area contributed by atoms with Crippen molar-refractivity contribution < 1.29 is 9.90 Å². The highest BCUT2D eigenvalue weighted by atomic mass is 16.4. The highest BCUT2D eigenvalue weighted by molar-refractivity contribution is 5.66. The van der Waals surface area contributed by atoms with Crippen molar-refractivity contribution in [2.24, 2.45) is 0 Å². The predicted molar refractivity (Wildman–Crippen MR) is 76.8 cm³/mol. The number of hydrogen-bond acceptors (Lipinski definition) is 3. The number of carboxylic acids is 1. The highest BCUT2D eigenvalue weighted by Crippen LogP contribution is 2.08. The van der Waals surface area contributed by atoms with Gasteiger partial charge in [0.1, 0.15) is 0 Å². The molecule has 0 aliphatic rings. The van der Waals surface area contributed by atoms with E-state index in [4.69, 9.17) is 5.11 Å². The van der Waals surface area contributed by atoms with Crippen LogP contribution in [-0.2, 0) is 11.3 Å². The molecule has 0 aliphatic carbocycles. The fourth-order valence-electron chi connectivity index (χ4n) is 2.03. The van der Waals surface area contributed by atoms with E-state index >= 15 is 0 Å². The van der Waals surface area contributed by atoms with Crippen LogP contribution in [-0.4, -0.2) is 39.3 Å². The molecule has 0 atom stereocenters. The molecular formula is C15H19N3O2. The van der Waals surface area contributed by atoms with E-state index in [0.717, 1.165) is 24.5 Å². The molecule has 2 aromatic rings. The first-order valence-corrected chi connectivity index (χ1v) is 6.65. The van der Waals surface area contributed by atoms with E-state index in [1.807, 2.05) is 54.3 Å². The van der Waals surface area contributed by atoms with E-state index in [1.54, 1.807) is 0 Å². The normalized spacial score (nSPS) is 10.9. The summed E-state index contributed by atoms with van der Waals surface area (Å²) in [6, 6.07) is 11.9. The van der Waals surface area contributed by atoms with Crippen molar-refractivity contribution in [1.29, 1.82) is 0 Å². The van der Waals surface area contributed by atoms with Gasteiger partial charge in [0.2, 0.25) is 0 Å². The zero-order valence-electron chi connectivity index (χ0n) is 11.6. The average Bonchev–Trinajstić information content (AvgIpc) is 2.88. The van der Waals surface area contributed by atoms with Crippen LogP contribution in [0.5, 0.6) is 0 Å². The van der Waals surface area contributed by atoms with Crippen molar-refractivity contribution in [3.05, 3.63) is 48.3 Å². The maximum atomic E-state index is 10.5. The SMILES string of the molecule is CN(CCCC(=O)O)Cc1ccn(-c2ccccc2)n1. The maximum Gasteiger partial charge on any atom is 0.303 e. The summed E-state index contributed by atoms with van der Waals surface area (Å²) in [5, 5.41) is 13.1. The van der Waals surface area contributed by atoms with Crippen molar-refractivity contribution in [2.45, 2.75) is 19.4 Å². The van der Waals surface area contributed by atoms with Gasteiger partial charge in [-0.25, -0.2) is 4.68 Å². The zero-order valence-corrected chi connectivity index (χ0v) is 11.6. The van der Waals surface area contributed by atoms with E-state index in [-0.39, 0.29) is 6.42 Å². The first-order chi connectivity index (χ1) is 9.65. The summed E-state index contributed by atoms with van der Waals surface area (Å²) in [5.74, 6) is -0.744. The van der Waals surface area contributed by atoms with Crippen LogP contribution in [0.1, 0.15) is 18.5 Å². The molecule has 0 bridgehead atoms. The molecule has 5 nitrogen and oxygen atoms in total. The monoisotopic (exact) mass is 273 g/mol. The Morgan fingerprint density at radius 3 is 2.75 bits per heavy atom. The second-order valence-electron chi connectivity index (χ2n) is 4.82. The van der Waals surface area contributed by atoms with Crippen LogP contribution in [0.15, 0.2) is 42.6 Å². The molecule has 0 fully saturated rings. The number of carbonyl (C=O) groups is 1. The van der Waals surface area contributed by atoms with Gasteiger partial charge in [-0.05, 0) is 38.2 Å². The average molecular weight is 273 g/mol. The minimum Gasteiger partial charge on any atom is -0.481 e. The van der Waals surface area contributed by atoms with Crippen molar-refractivity contribution in [1.82, 2.24) is 14.7 Å². The smallest absolute Gasteiger partial charge is 0.303 e. The van der Waals surface area contributed by atoms with E-state index in [9.17, 15) is 4.79 Å². The minimum atomic E-state index is -0.744. The summed E-state index contributed by atoms with van der Waals surface area (Å²) < 4.78 is 1.85. The largest absolute Gasteiger partial charge is 0.481 e. The van der Waals surface area contributed by atoms with Gasteiger partial charge in [-0.15, -0.1) is 0 Å². The fourth-order valence-corrected chi connectivity index (χ4v) is 2.03. The van der Waals surface area contributed by atoms with Crippen LogP contribution in [0.3, 0.4) is 0 Å². The lowest BCUT2D eigenvalue weighted by molar-refractivity contribution is -0.137. The summed E-state index contributed by atoms with van der Waals surface area (Å²) in [4.78, 5) is 12.5. The Balaban J connectivity index is 1.88. The standard InChI is InChI=1S/C15H19N3O2/c1-17(10-5-8-15(19)20)12-13-9-11-18(16-13)14-6-3-2-4-7-14/h2-4,6-7,9,11H,5,8,10,12H2,1H3,(H,19,20). The first-order valence-electron chi connectivity index (χ1n) is 6.65. The molecule has 5 heteroatoms. The molecule has 0 amide bonds. The summed E-state index contributed by atoms with van der Waals surface area (Å²) in [6.45, 7) is 1.48. The van der Waals surface area contributed by atoms with E-state index in [2.05, 4.69) is 10.00 Å². The number of hydrogen-bond donors (Lipinski definition) is 1. The molecule has 1 aromatic carbocycles. The Labute approximate surface area is 118 Å². The van der Waals surface area contributed by atoms with Gasteiger partial charge in [0.05, 0.1) is 11.4 Å². The zero-order chi connectivity index (χ0) is 14.4. The quantitative estimate of drug-likeness (QED) is 0.840. The molecule has 0 radical (unpaired) electrons. The number of aromatic nitrogens is 2. The predicted octanol–water partition coefficient (Wildman–Crippen LogP) is 2.17. The molecule has 1 N–H and O–H groups in total. The molecule has 0 spiro atoms. The molecule has 1 aromatic heterocycles. The first kappa shape index (κ1) is 14.3. The summed E-state index contributed by atoms with van der Waals surface area (Å²) in [5.41, 5.74) is 2.01. The van der Waals surface area contributed by atoms with Gasteiger partial charge in [-0.1, -0.05) is 18.2 Å². The van der Waals surface area contributed by atoms with Crippen LogP contribution in [0.4, 0.5) is 0 Å². The van der Waals surface area contributed by atoms with Crippen LogP contribution in [0.25, 0.3) is 5.69 Å². The molecular weight excluding hydrogens is 254 g/mol. The number of carboxylic acid groups (broad SMARTS) is 1. The van der Waals surface area contributed by atoms with Gasteiger partial charge in [0, 0.05) is 19.2 Å². The van der Waals surface area contributed by atoms with Crippen molar-refractivity contribution in [2.75, 3.05) is 13.6 Å². The lowest BCUT2D eigenvalue weighted by atomic mass is 10.3. The van der Waals surface area contributed by atoms with Gasteiger partial charge in [0.25, 0.3) is 0 Å². The summed E-state index contributed by atoms with van der Waals surface area (Å²) >= 11 is 0. The topological polar surface area (TPSA) is 58.4 Å². The summed E-state index contributed by atoms with van der Waals surface area (Å²) in [6.07, 6.45) is 2.81. The van der Waals surface area contributed by atoms with Crippen molar-refractivity contribution >= 4 is 5.97 Å². The van der Waals surface area contributed by atoms with Gasteiger partial charge < -0.3 is 10.0 Å². The fraction of sp³-hybridized carbons (Fsp3) is 0.333. The van der Waals surface area contributed by atoms with Crippen LogP contribution in [0, 0.1) is 0 Å². The Hall–Kier alpha value is -2.14. The number of benzene rings is 1. The Morgan fingerprint density at radius 1 is 1.30 bits per heavy atom. The maximum absolute atomic E-state index is 10.5. The van der Waals surface area contributed by atoms with Crippen LogP contribution >= 0.6 is 0 Å². The van der Waals surface area contributed by atoms with Crippen LogP contribution < -0.4 is 0 Å². The number of nitrogens with zero attached hydrogens (tertiary/aromatic N) is 3. The number of para-hydroxylation sites is 1. The van der Waals surface area contributed by atoms with E-state index in [0.29, 0.717) is 6.42 Å². The molecule has 2 rings (SSSR count). The number of aliphatic carboxylic acids is 1. The third-order valence-electron chi connectivity index (χ3n) is 3.03. The molecule has 1 heterocycles. The van der Waals surface area contributed by atoms with Gasteiger partial charge >= 0.3 is 5.97 Å². The number of rotatable bonds is 7. The lowest BCUT2D eigenvalue weighted by Gasteiger charge is -2.14. The second-order valence-corrected chi connectivity index (χ2v) is 4.82. The molecule has 0 aliphatic heterocycles. The van der Waals surface area contributed by atoms with Gasteiger partial charge in [0.15, 0.2) is 0 Å². The molecule has 0 saturated heterocycles. The van der Waals surface area contributed by atoms with E-state index in [1.165, 1.54) is 0 Å². The Morgan fingerprint density at radius 2 is 2.05 bits per heavy atom. The Kier molecular flexibility index (Phi) is 4.90. The molecule has 20 heavy (non-hydrogen) atoms. The van der Waals surface area contributed by atoms with Crippen molar-refractivity contribution in [3.8, 4) is 5.69 Å². The van der Waals surface area contributed by atoms with Crippen LogP contribution in [0.2, 0.25) is 0 Å². The molecule has 106 valence electrons. The van der Waals surface area contributed by atoms with Gasteiger partial charge in [-0.2, -0.15) is 5.10 Å². The lowest BCUT2D eigenvalue weighted by Crippen LogP contribution is -2.20. The minimum absolute atomic E-state index is 0.211. The van der Waals surface area contributed by atoms with E-state index < -0.39 is 5.97 Å². The highest BCUT2D eigenvalue weighted by Gasteiger charge is 2.05. The van der Waals surface area contributed by atoms with Gasteiger partial charge in [-0.3, -0.25) is 4.79 Å². The third kappa shape index (κ3) is 4.20. The third-order valence-corrected chi connectivity index (χ3v) is 3.03. The molecule has 0 unspecified atom stereocenters. The molecule has 0 saturated carbocycles. The second kappa shape index (κ2) is 6.86.